The topological polar surface area (TPSA) is 16.1 Å². The lowest BCUT2D eigenvalue weighted by Gasteiger charge is -2.27. The number of hydrogen-bond acceptors (Lipinski definition) is 2. The number of anilines is 1. The van der Waals surface area contributed by atoms with Crippen molar-refractivity contribution in [3.8, 4) is 0 Å². The van der Waals surface area contributed by atoms with Crippen LogP contribution < -0.4 is 4.90 Å². The Morgan fingerprint density at radius 3 is 2.56 bits per heavy atom. The lowest BCUT2D eigenvalue weighted by Crippen LogP contribution is -2.22. The van der Waals surface area contributed by atoms with Crippen molar-refractivity contribution < 1.29 is 0 Å². The number of rotatable bonds is 3. The molecule has 0 radical (unpaired) electrons. The molecule has 1 atom stereocenters. The Bertz CT molecular complexity index is 545. The molecule has 0 N–H and O–H groups in total. The molecule has 0 fully saturated rings. The Morgan fingerprint density at radius 2 is 1.89 bits per heavy atom. The van der Waals surface area contributed by atoms with Crippen molar-refractivity contribution >= 4 is 33.3 Å². The minimum absolute atomic E-state index is 0.167. The minimum Gasteiger partial charge on any atom is -0.353 e. The zero-order chi connectivity index (χ0) is 13.1. The van der Waals surface area contributed by atoms with Gasteiger partial charge in [-0.05, 0) is 46.6 Å². The van der Waals surface area contributed by atoms with Gasteiger partial charge in [0, 0.05) is 12.1 Å². The third kappa shape index (κ3) is 2.85. The van der Waals surface area contributed by atoms with Crippen LogP contribution in [-0.4, -0.2) is 12.0 Å². The van der Waals surface area contributed by atoms with E-state index in [0.29, 0.717) is 0 Å². The van der Waals surface area contributed by atoms with Gasteiger partial charge in [-0.1, -0.05) is 35.9 Å². The highest BCUT2D eigenvalue weighted by molar-refractivity contribution is 9.10. The molecular weight excluding hydrogens is 312 g/mol. The van der Waals surface area contributed by atoms with Gasteiger partial charge in [0.05, 0.1) is 6.04 Å². The Balaban J connectivity index is 2.29. The maximum atomic E-state index is 6.23. The summed E-state index contributed by atoms with van der Waals surface area (Å²) >= 11 is 9.61. The summed E-state index contributed by atoms with van der Waals surface area (Å²) < 4.78 is 0.832. The summed E-state index contributed by atoms with van der Waals surface area (Å²) in [6.07, 6.45) is 0. The average Bonchev–Trinajstić information content (AvgIpc) is 2.37. The Hall–Kier alpha value is -1.06. The van der Waals surface area contributed by atoms with E-state index in [-0.39, 0.29) is 6.04 Å². The summed E-state index contributed by atoms with van der Waals surface area (Å²) in [4.78, 5) is 6.55. The first-order chi connectivity index (χ1) is 8.59. The molecule has 1 aromatic carbocycles. The molecular formula is C14H14BrClN2. The molecule has 0 aliphatic carbocycles. The first kappa shape index (κ1) is 13.4. The van der Waals surface area contributed by atoms with Crippen molar-refractivity contribution in [2.24, 2.45) is 0 Å². The van der Waals surface area contributed by atoms with Crippen molar-refractivity contribution in [1.29, 1.82) is 0 Å². The van der Waals surface area contributed by atoms with Crippen LogP contribution >= 0.6 is 27.5 Å². The van der Waals surface area contributed by atoms with Gasteiger partial charge in [-0.2, -0.15) is 0 Å². The fraction of sp³-hybridized carbons (Fsp3) is 0.214. The quantitative estimate of drug-likeness (QED) is 0.761. The Labute approximate surface area is 121 Å². The molecule has 2 rings (SSSR count). The van der Waals surface area contributed by atoms with E-state index >= 15 is 0 Å². The van der Waals surface area contributed by atoms with Crippen molar-refractivity contribution in [2.45, 2.75) is 13.0 Å². The maximum Gasteiger partial charge on any atom is 0.130 e. The van der Waals surface area contributed by atoms with Crippen molar-refractivity contribution in [3.05, 3.63) is 57.7 Å². The lowest BCUT2D eigenvalue weighted by atomic mass is 10.1. The molecule has 1 heterocycles. The second-order valence-electron chi connectivity index (χ2n) is 4.13. The van der Waals surface area contributed by atoms with E-state index in [1.54, 1.807) is 0 Å². The van der Waals surface area contributed by atoms with E-state index in [4.69, 9.17) is 11.6 Å². The van der Waals surface area contributed by atoms with Crippen LogP contribution in [0.25, 0.3) is 0 Å². The largest absolute Gasteiger partial charge is 0.353 e. The van der Waals surface area contributed by atoms with Gasteiger partial charge in [-0.3, -0.25) is 0 Å². The van der Waals surface area contributed by atoms with E-state index < -0.39 is 0 Å². The maximum absolute atomic E-state index is 6.23. The molecule has 94 valence electrons. The number of aromatic nitrogens is 1. The van der Waals surface area contributed by atoms with Crippen LogP contribution in [0.4, 0.5) is 5.82 Å². The number of halogens is 2. The average molecular weight is 326 g/mol. The zero-order valence-corrected chi connectivity index (χ0v) is 12.6. The standard InChI is InChI=1S/C14H14BrClN2/c1-10(11-6-3-4-7-12(11)16)18(2)14-9-5-8-13(15)17-14/h3-10H,1-2H3. The monoisotopic (exact) mass is 324 g/mol. The van der Waals surface area contributed by atoms with Crippen LogP contribution in [0, 0.1) is 0 Å². The van der Waals surface area contributed by atoms with Crippen LogP contribution in [0.15, 0.2) is 47.1 Å². The van der Waals surface area contributed by atoms with Crippen LogP contribution in [0.5, 0.6) is 0 Å². The van der Waals surface area contributed by atoms with E-state index in [1.165, 1.54) is 0 Å². The van der Waals surface area contributed by atoms with Crippen molar-refractivity contribution in [1.82, 2.24) is 4.98 Å². The van der Waals surface area contributed by atoms with Crippen LogP contribution in [0.2, 0.25) is 5.02 Å². The highest BCUT2D eigenvalue weighted by Gasteiger charge is 2.15. The second-order valence-corrected chi connectivity index (χ2v) is 5.35. The van der Waals surface area contributed by atoms with Crippen molar-refractivity contribution in [3.63, 3.8) is 0 Å². The minimum atomic E-state index is 0.167. The molecule has 18 heavy (non-hydrogen) atoms. The smallest absolute Gasteiger partial charge is 0.130 e. The van der Waals surface area contributed by atoms with Gasteiger partial charge in [-0.25, -0.2) is 4.98 Å². The summed E-state index contributed by atoms with van der Waals surface area (Å²) in [5.41, 5.74) is 1.10. The molecule has 0 amide bonds. The Morgan fingerprint density at radius 1 is 1.17 bits per heavy atom. The molecule has 1 aromatic heterocycles. The van der Waals surface area contributed by atoms with Crippen LogP contribution in [0.1, 0.15) is 18.5 Å². The first-order valence-corrected chi connectivity index (χ1v) is 6.86. The fourth-order valence-corrected chi connectivity index (χ4v) is 2.44. The molecule has 0 saturated carbocycles. The summed E-state index contributed by atoms with van der Waals surface area (Å²) in [6, 6.07) is 13.9. The van der Waals surface area contributed by atoms with Gasteiger partial charge in [0.2, 0.25) is 0 Å². The number of hydrogen-bond donors (Lipinski definition) is 0. The van der Waals surface area contributed by atoms with Gasteiger partial charge >= 0.3 is 0 Å². The highest BCUT2D eigenvalue weighted by Crippen LogP contribution is 2.29. The van der Waals surface area contributed by atoms with E-state index in [1.807, 2.05) is 49.5 Å². The Kier molecular flexibility index (Phi) is 4.25. The van der Waals surface area contributed by atoms with E-state index in [9.17, 15) is 0 Å². The summed E-state index contributed by atoms with van der Waals surface area (Å²) in [5, 5.41) is 0.784. The predicted molar refractivity (Wildman–Crippen MR) is 80.2 cm³/mol. The fourth-order valence-electron chi connectivity index (χ4n) is 1.81. The van der Waals surface area contributed by atoms with Gasteiger partial charge in [0.1, 0.15) is 10.4 Å². The van der Waals surface area contributed by atoms with Gasteiger partial charge in [-0.15, -0.1) is 0 Å². The molecule has 0 saturated heterocycles. The normalized spacial score (nSPS) is 12.2. The third-order valence-electron chi connectivity index (χ3n) is 3.00. The van der Waals surface area contributed by atoms with Crippen molar-refractivity contribution in [2.75, 3.05) is 11.9 Å². The summed E-state index contributed by atoms with van der Waals surface area (Å²) in [5.74, 6) is 0.914. The second kappa shape index (κ2) is 5.72. The third-order valence-corrected chi connectivity index (χ3v) is 3.78. The molecule has 0 bridgehead atoms. The molecule has 4 heteroatoms. The molecule has 0 spiro atoms. The molecule has 0 aliphatic rings. The SMILES string of the molecule is CC(c1ccccc1Cl)N(C)c1cccc(Br)n1. The van der Waals surface area contributed by atoms with Gasteiger partial charge in [0.25, 0.3) is 0 Å². The summed E-state index contributed by atoms with van der Waals surface area (Å²) in [6.45, 7) is 2.11. The van der Waals surface area contributed by atoms with Crippen LogP contribution in [0.3, 0.4) is 0 Å². The molecule has 2 aromatic rings. The van der Waals surface area contributed by atoms with Gasteiger partial charge < -0.3 is 4.90 Å². The number of benzene rings is 1. The summed E-state index contributed by atoms with van der Waals surface area (Å²) in [7, 11) is 2.02. The molecule has 1 unspecified atom stereocenters. The van der Waals surface area contributed by atoms with E-state index in [0.717, 1.165) is 21.0 Å². The lowest BCUT2D eigenvalue weighted by molar-refractivity contribution is 0.728. The highest BCUT2D eigenvalue weighted by atomic mass is 79.9. The van der Waals surface area contributed by atoms with Crippen LogP contribution in [-0.2, 0) is 0 Å². The molecule has 2 nitrogen and oxygen atoms in total. The van der Waals surface area contributed by atoms with E-state index in [2.05, 4.69) is 32.7 Å². The number of nitrogens with zero attached hydrogens (tertiary/aromatic N) is 2. The zero-order valence-electron chi connectivity index (χ0n) is 10.3. The van der Waals surface area contributed by atoms with Gasteiger partial charge in [0.15, 0.2) is 0 Å². The predicted octanol–water partition coefficient (Wildman–Crippen LogP) is 4.69. The first-order valence-electron chi connectivity index (χ1n) is 5.69. The molecule has 0 aliphatic heterocycles. The number of pyridine rings is 1.